The largest absolute Gasteiger partial charge is 0.571 e. The minimum atomic E-state index is -1.87. The number of phenols is 3. The molecule has 2 fully saturated rings. The van der Waals surface area contributed by atoms with Crippen molar-refractivity contribution in [1.82, 2.24) is 0 Å². The van der Waals surface area contributed by atoms with E-state index in [1.165, 1.54) is 45.4 Å². The molecule has 11 atom stereocenters. The maximum atomic E-state index is 11.8. The van der Waals surface area contributed by atoms with Crippen LogP contribution >= 0.6 is 0 Å². The summed E-state index contributed by atoms with van der Waals surface area (Å²) in [6, 6.07) is 5.20. The zero-order valence-corrected chi connectivity index (χ0v) is 27.3. The van der Waals surface area contributed by atoms with E-state index in [0.29, 0.717) is 5.56 Å². The zero-order valence-electron chi connectivity index (χ0n) is 27.3. The topological polar surface area (TPSA) is 294 Å². The van der Waals surface area contributed by atoms with Gasteiger partial charge in [-0.2, -0.15) is 0 Å². The van der Waals surface area contributed by atoms with Gasteiger partial charge in [0.2, 0.25) is 12.0 Å². The highest BCUT2D eigenvalue weighted by atomic mass is 16.7. The number of aromatic hydroxyl groups is 4. The van der Waals surface area contributed by atoms with Crippen LogP contribution in [-0.2, 0) is 33.3 Å². The molecule has 0 aromatic heterocycles. The number of carboxylic acid groups (broad SMARTS) is 1. The Morgan fingerprint density at radius 1 is 0.843 bits per heavy atom. The molecule has 0 aliphatic carbocycles. The fourth-order valence-electron chi connectivity index (χ4n) is 5.79. The first-order valence-corrected chi connectivity index (χ1v) is 15.5. The number of fused-ring (bicyclic) bond motifs is 1. The van der Waals surface area contributed by atoms with Crippen molar-refractivity contribution in [3.63, 3.8) is 0 Å². The van der Waals surface area contributed by atoms with Crippen molar-refractivity contribution in [3.8, 4) is 34.5 Å². The van der Waals surface area contributed by atoms with Crippen LogP contribution in [0.1, 0.15) is 30.6 Å². The van der Waals surface area contributed by atoms with Gasteiger partial charge in [-0.3, -0.25) is 9.59 Å². The third kappa shape index (κ3) is 7.85. The van der Waals surface area contributed by atoms with Gasteiger partial charge in [-0.05, 0) is 19.1 Å². The summed E-state index contributed by atoms with van der Waals surface area (Å²) in [6.45, 7) is 0.758. The summed E-state index contributed by atoms with van der Waals surface area (Å²) in [5.41, 5.74) is 0.431. The van der Waals surface area contributed by atoms with E-state index in [0.717, 1.165) is 6.07 Å². The highest BCUT2D eigenvalue weighted by molar-refractivity contribution is 5.90. The van der Waals surface area contributed by atoms with Crippen LogP contribution in [0.2, 0.25) is 0 Å². The highest BCUT2D eigenvalue weighted by Gasteiger charge is 2.49. The van der Waals surface area contributed by atoms with Crippen molar-refractivity contribution in [2.24, 2.45) is 0 Å². The molecule has 0 spiro atoms. The molecule has 11 unspecified atom stereocenters. The van der Waals surface area contributed by atoms with E-state index in [4.69, 9.17) is 38.3 Å². The van der Waals surface area contributed by atoms with Crippen LogP contribution in [0.25, 0.3) is 6.08 Å². The van der Waals surface area contributed by atoms with Gasteiger partial charge in [0.25, 0.3) is 11.9 Å². The van der Waals surface area contributed by atoms with Crippen LogP contribution in [0.5, 0.6) is 34.5 Å². The number of carboxylic acids is 1. The fourth-order valence-corrected chi connectivity index (χ4v) is 5.79. The van der Waals surface area contributed by atoms with Gasteiger partial charge in [-0.1, -0.05) is 0 Å². The Balaban J connectivity index is 1.36. The van der Waals surface area contributed by atoms with Crippen molar-refractivity contribution in [1.29, 1.82) is 0 Å². The van der Waals surface area contributed by atoms with Crippen LogP contribution in [0, 0.1) is 0 Å². The van der Waals surface area contributed by atoms with Crippen LogP contribution in [0.15, 0.2) is 30.0 Å². The predicted molar refractivity (Wildman–Crippen MR) is 166 cm³/mol. The first-order chi connectivity index (χ1) is 24.1. The molecule has 10 N–H and O–H groups in total. The maximum Gasteiger partial charge on any atom is 0.317 e. The van der Waals surface area contributed by atoms with E-state index in [1.54, 1.807) is 0 Å². The second kappa shape index (κ2) is 15.3. The SMILES string of the molecule is COc1cc(C2[OH+]c3cc(O)cc(O)c3C=C2OC2OC(COC3OC(C)C(OC(=O)CC(=O)O)C(O)C3O)C(O)C(O)C2O)cc(OC)c1O. The first-order valence-electron chi connectivity index (χ1n) is 15.5. The molecule has 280 valence electrons. The molecule has 0 bridgehead atoms. The Hall–Kier alpha value is -4.60. The van der Waals surface area contributed by atoms with E-state index in [2.05, 4.69) is 4.74 Å². The average molecular weight is 728 g/mol. The number of benzene rings is 2. The zero-order chi connectivity index (χ0) is 37.3. The third-order valence-electron chi connectivity index (χ3n) is 8.45. The molecule has 3 aliphatic heterocycles. The van der Waals surface area contributed by atoms with E-state index < -0.39 is 92.5 Å². The van der Waals surface area contributed by atoms with Gasteiger partial charge in [0.15, 0.2) is 29.7 Å². The summed E-state index contributed by atoms with van der Waals surface area (Å²) in [5.74, 6) is -3.53. The predicted octanol–water partition coefficient (Wildman–Crippen LogP) is -1.15. The maximum absolute atomic E-state index is 11.8. The lowest BCUT2D eigenvalue weighted by Crippen LogP contribution is -2.61. The number of carbonyl (C=O) groups excluding carboxylic acids is 1. The number of rotatable bonds is 11. The van der Waals surface area contributed by atoms with Crippen LogP contribution in [0.4, 0.5) is 0 Å². The lowest BCUT2D eigenvalue weighted by molar-refractivity contribution is -0.325. The Morgan fingerprint density at radius 2 is 1.49 bits per heavy atom. The number of carbonyl (C=O) groups is 2. The van der Waals surface area contributed by atoms with Crippen LogP contribution in [-0.4, -0.2) is 145 Å². The highest BCUT2D eigenvalue weighted by Crippen LogP contribution is 2.48. The van der Waals surface area contributed by atoms with Crippen molar-refractivity contribution < 1.29 is 93.4 Å². The molecule has 0 radical (unpaired) electrons. The Morgan fingerprint density at radius 3 is 2.12 bits per heavy atom. The molecule has 3 aliphatic rings. The minimum absolute atomic E-state index is 0.00413. The molecule has 2 aromatic carbocycles. The molecule has 2 saturated heterocycles. The Kier molecular flexibility index (Phi) is 11.3. The quantitative estimate of drug-likeness (QED) is 0.0750. The molecule has 3 heterocycles. The molecule has 2 aromatic rings. The second-order valence-corrected chi connectivity index (χ2v) is 11.9. The molecule has 51 heavy (non-hydrogen) atoms. The standard InChI is InChI=1S/C32H38O19/c1-11-29(51-22(37)9-21(35)36)26(41)28(43)31(47-11)46-10-20-24(39)25(40)27(42)32(50-20)49-19-8-14-15(34)6-13(33)7-16(14)48-30(19)12-4-17(44-2)23(38)18(5-12)45-3/h4-8,11,20,24-34,38-43H,9-10H2,1-3H3,(H,35,36)/p+1. The van der Waals surface area contributed by atoms with Gasteiger partial charge < -0.3 is 83.9 Å². The van der Waals surface area contributed by atoms with Gasteiger partial charge in [0, 0.05) is 12.1 Å². The molecule has 0 saturated carbocycles. The minimum Gasteiger partial charge on any atom is -0.571 e. The smallest absolute Gasteiger partial charge is 0.317 e. The van der Waals surface area contributed by atoms with Crippen molar-refractivity contribution >= 4 is 18.0 Å². The first kappa shape index (κ1) is 37.7. The average Bonchev–Trinajstić information content (AvgIpc) is 3.08. The van der Waals surface area contributed by atoms with Gasteiger partial charge in [0.05, 0.1) is 38.6 Å². The normalized spacial score (nSPS) is 31.8. The summed E-state index contributed by atoms with van der Waals surface area (Å²) >= 11 is 0. The van der Waals surface area contributed by atoms with Crippen molar-refractivity contribution in [2.75, 3.05) is 20.8 Å². The van der Waals surface area contributed by atoms with Gasteiger partial charge in [-0.25, -0.2) is 0 Å². The van der Waals surface area contributed by atoms with E-state index in [1.807, 2.05) is 0 Å². The van der Waals surface area contributed by atoms with Crippen molar-refractivity contribution in [2.45, 2.75) is 80.9 Å². The number of ether oxygens (including phenoxy) is 8. The summed E-state index contributed by atoms with van der Waals surface area (Å²) < 4.78 is 43.0. The number of hydrogen-bond acceptors (Lipinski definition) is 17. The number of methoxy groups -OCH3 is 2. The van der Waals surface area contributed by atoms with E-state index >= 15 is 0 Å². The lowest BCUT2D eigenvalue weighted by Gasteiger charge is -2.43. The number of aliphatic hydroxyl groups is 6. The summed E-state index contributed by atoms with van der Waals surface area (Å²) in [5, 5.41) is 93.5. The monoisotopic (exact) mass is 727 g/mol. The molecule has 19 heteroatoms. The Bertz CT molecular complexity index is 1600. The van der Waals surface area contributed by atoms with Crippen LogP contribution in [0.3, 0.4) is 0 Å². The second-order valence-electron chi connectivity index (χ2n) is 11.9. The van der Waals surface area contributed by atoms with Gasteiger partial charge >= 0.3 is 11.9 Å². The summed E-state index contributed by atoms with van der Waals surface area (Å²) in [4.78, 5) is 22.6. The number of esters is 1. The number of phenolic OH excluding ortho intramolecular Hbond substituents is 3. The Labute approximate surface area is 288 Å². The summed E-state index contributed by atoms with van der Waals surface area (Å²) in [7, 11) is 2.62. The van der Waals surface area contributed by atoms with Crippen LogP contribution < -0.4 is 9.47 Å². The molecular formula is C32H39O19+. The molecule has 5 rings (SSSR count). The van der Waals surface area contributed by atoms with Crippen molar-refractivity contribution in [3.05, 3.63) is 41.2 Å². The van der Waals surface area contributed by atoms with Gasteiger partial charge in [-0.15, -0.1) is 0 Å². The lowest BCUT2D eigenvalue weighted by atomic mass is 9.98. The molecule has 19 nitrogen and oxygen atoms in total. The molecule has 0 amide bonds. The van der Waals surface area contributed by atoms with Gasteiger partial charge in [0.1, 0.15) is 60.1 Å². The number of aliphatic hydroxyl groups excluding tert-OH is 5. The number of hydrogen-bond donors (Lipinski definition) is 9. The number of aliphatic carboxylic acids is 1. The summed E-state index contributed by atoms with van der Waals surface area (Å²) in [6.07, 6.45) is -17.1. The van der Waals surface area contributed by atoms with E-state index in [9.17, 15) is 50.4 Å². The third-order valence-corrected chi connectivity index (χ3v) is 8.45. The van der Waals surface area contributed by atoms with E-state index in [-0.39, 0.29) is 45.8 Å². The fraction of sp³-hybridized carbons (Fsp3) is 0.500. The molecular weight excluding hydrogens is 688 g/mol.